The Labute approximate surface area is 208 Å². The van der Waals surface area contributed by atoms with Crippen LogP contribution < -0.4 is 10.6 Å². The normalized spacial score (nSPS) is 17.9. The zero-order valence-electron chi connectivity index (χ0n) is 20.9. The molecule has 2 N–H and O–H groups in total. The standard InChI is InChI=1S/C27H35N3O4S/c1-6-24(31)29-23-17-26(2,3)30(27(4,5)18-23)35(33,34)19-21-12-14-22(15-13-21)28-25(32)16-20-10-8-7-9-11-20/h6-15,23H,1,16-19H2,2-5H3,(H,28,32)(H,29,31). The largest absolute Gasteiger partial charge is 0.350 e. The number of benzene rings is 2. The molecule has 1 fully saturated rings. The molecule has 2 aromatic rings. The Kier molecular flexibility index (Phi) is 7.87. The molecule has 1 aliphatic heterocycles. The van der Waals surface area contributed by atoms with Gasteiger partial charge in [-0.25, -0.2) is 8.42 Å². The predicted octanol–water partition coefficient (Wildman–Crippen LogP) is 4.02. The van der Waals surface area contributed by atoms with Gasteiger partial charge in [0.1, 0.15) is 0 Å². The Morgan fingerprint density at radius 1 is 0.971 bits per heavy atom. The van der Waals surface area contributed by atoms with Crippen molar-refractivity contribution >= 4 is 27.5 Å². The molecule has 2 amide bonds. The Morgan fingerprint density at radius 2 is 1.54 bits per heavy atom. The first-order chi connectivity index (χ1) is 16.3. The summed E-state index contributed by atoms with van der Waals surface area (Å²) in [6, 6.07) is 16.2. The minimum Gasteiger partial charge on any atom is -0.350 e. The molecule has 7 nitrogen and oxygen atoms in total. The topological polar surface area (TPSA) is 95.6 Å². The van der Waals surface area contributed by atoms with Gasteiger partial charge < -0.3 is 10.6 Å². The molecule has 0 unspecified atom stereocenters. The van der Waals surface area contributed by atoms with Crippen LogP contribution in [0.25, 0.3) is 0 Å². The average Bonchev–Trinajstić information content (AvgIpc) is 2.73. The monoisotopic (exact) mass is 497 g/mol. The highest BCUT2D eigenvalue weighted by Gasteiger charge is 2.51. The summed E-state index contributed by atoms with van der Waals surface area (Å²) in [6.07, 6.45) is 2.50. The van der Waals surface area contributed by atoms with Crippen LogP contribution in [0.2, 0.25) is 0 Å². The van der Waals surface area contributed by atoms with Crippen LogP contribution in [-0.4, -0.2) is 41.7 Å². The second kappa shape index (κ2) is 10.3. The van der Waals surface area contributed by atoms with Gasteiger partial charge in [0, 0.05) is 22.8 Å². The van der Waals surface area contributed by atoms with Gasteiger partial charge in [-0.05, 0) is 69.9 Å². The molecule has 2 aromatic carbocycles. The lowest BCUT2D eigenvalue weighted by atomic mass is 9.79. The van der Waals surface area contributed by atoms with Crippen molar-refractivity contribution in [3.63, 3.8) is 0 Å². The van der Waals surface area contributed by atoms with E-state index in [0.717, 1.165) is 5.56 Å². The van der Waals surface area contributed by atoms with Crippen molar-refractivity contribution in [3.8, 4) is 0 Å². The smallest absolute Gasteiger partial charge is 0.243 e. The van der Waals surface area contributed by atoms with Gasteiger partial charge in [-0.2, -0.15) is 4.31 Å². The van der Waals surface area contributed by atoms with Gasteiger partial charge in [0.05, 0.1) is 12.2 Å². The molecule has 1 aliphatic rings. The zero-order valence-corrected chi connectivity index (χ0v) is 21.7. The number of rotatable bonds is 8. The second-order valence-corrected chi connectivity index (χ2v) is 12.2. The fourth-order valence-corrected chi connectivity index (χ4v) is 7.72. The lowest BCUT2D eigenvalue weighted by Crippen LogP contribution is -2.65. The minimum absolute atomic E-state index is 0.133. The summed E-state index contributed by atoms with van der Waals surface area (Å²) in [5, 5.41) is 5.78. The van der Waals surface area contributed by atoms with Gasteiger partial charge in [-0.3, -0.25) is 9.59 Å². The minimum atomic E-state index is -3.67. The number of sulfonamides is 1. The number of nitrogens with one attached hydrogen (secondary N) is 2. The quantitative estimate of drug-likeness (QED) is 0.539. The van der Waals surface area contributed by atoms with Gasteiger partial charge in [0.15, 0.2) is 0 Å². The highest BCUT2D eigenvalue weighted by Crippen LogP contribution is 2.41. The maximum Gasteiger partial charge on any atom is 0.243 e. The molecule has 0 saturated carbocycles. The van der Waals surface area contributed by atoms with Gasteiger partial charge in [0.25, 0.3) is 0 Å². The Bertz CT molecular complexity index is 1150. The number of hydrogen-bond acceptors (Lipinski definition) is 4. The third-order valence-electron chi connectivity index (χ3n) is 6.20. The number of carbonyl (C=O) groups excluding carboxylic acids is 2. The summed E-state index contributed by atoms with van der Waals surface area (Å²) in [5.74, 6) is -0.540. The number of nitrogens with zero attached hydrogens (tertiary/aromatic N) is 1. The maximum absolute atomic E-state index is 13.6. The Balaban J connectivity index is 1.69. The fraction of sp³-hybridized carbons (Fsp3) is 0.407. The highest BCUT2D eigenvalue weighted by atomic mass is 32.2. The molecule has 0 spiro atoms. The van der Waals surface area contributed by atoms with E-state index in [4.69, 9.17) is 0 Å². The van der Waals surface area contributed by atoms with E-state index in [1.807, 2.05) is 58.0 Å². The summed E-state index contributed by atoms with van der Waals surface area (Å²) >= 11 is 0. The molecular weight excluding hydrogens is 462 g/mol. The summed E-state index contributed by atoms with van der Waals surface area (Å²) < 4.78 is 28.8. The van der Waals surface area contributed by atoms with Gasteiger partial charge >= 0.3 is 0 Å². The molecule has 188 valence electrons. The molecule has 0 aliphatic carbocycles. The number of hydrogen-bond donors (Lipinski definition) is 2. The molecule has 1 saturated heterocycles. The summed E-state index contributed by atoms with van der Waals surface area (Å²) in [5.41, 5.74) is 0.799. The summed E-state index contributed by atoms with van der Waals surface area (Å²) in [4.78, 5) is 24.1. The first-order valence-electron chi connectivity index (χ1n) is 11.7. The molecule has 0 atom stereocenters. The number of anilines is 1. The van der Waals surface area contributed by atoms with Crippen LogP contribution in [0.3, 0.4) is 0 Å². The van der Waals surface area contributed by atoms with Crippen LogP contribution in [0, 0.1) is 0 Å². The van der Waals surface area contributed by atoms with Crippen LogP contribution in [0.4, 0.5) is 5.69 Å². The highest BCUT2D eigenvalue weighted by molar-refractivity contribution is 7.88. The predicted molar refractivity (Wildman–Crippen MR) is 139 cm³/mol. The van der Waals surface area contributed by atoms with Crippen molar-refractivity contribution in [3.05, 3.63) is 78.4 Å². The van der Waals surface area contributed by atoms with Crippen LogP contribution in [0.1, 0.15) is 51.7 Å². The van der Waals surface area contributed by atoms with E-state index >= 15 is 0 Å². The summed E-state index contributed by atoms with van der Waals surface area (Å²) in [7, 11) is -3.67. The number of carbonyl (C=O) groups is 2. The van der Waals surface area contributed by atoms with Crippen LogP contribution >= 0.6 is 0 Å². The first kappa shape index (κ1) is 26.6. The molecular formula is C27H35N3O4S. The van der Waals surface area contributed by atoms with E-state index in [2.05, 4.69) is 17.2 Å². The lowest BCUT2D eigenvalue weighted by molar-refractivity contribution is -0.118. The average molecular weight is 498 g/mol. The van der Waals surface area contributed by atoms with Crippen molar-refractivity contribution in [2.24, 2.45) is 0 Å². The van der Waals surface area contributed by atoms with E-state index in [0.29, 0.717) is 24.1 Å². The molecule has 0 aromatic heterocycles. The molecule has 8 heteroatoms. The molecule has 35 heavy (non-hydrogen) atoms. The zero-order chi connectivity index (χ0) is 25.9. The van der Waals surface area contributed by atoms with Crippen molar-refractivity contribution in [1.29, 1.82) is 0 Å². The van der Waals surface area contributed by atoms with E-state index in [-0.39, 0.29) is 30.0 Å². The van der Waals surface area contributed by atoms with Crippen LogP contribution in [0.15, 0.2) is 67.3 Å². The van der Waals surface area contributed by atoms with E-state index in [1.54, 1.807) is 28.6 Å². The maximum atomic E-state index is 13.6. The number of amides is 2. The fourth-order valence-electron chi connectivity index (χ4n) is 5.32. The van der Waals surface area contributed by atoms with Gasteiger partial charge in [-0.15, -0.1) is 0 Å². The SMILES string of the molecule is C=CC(=O)NC1CC(C)(C)N(S(=O)(=O)Cc2ccc(NC(=O)Cc3ccccc3)cc2)C(C)(C)C1. The van der Waals surface area contributed by atoms with E-state index < -0.39 is 21.1 Å². The Morgan fingerprint density at radius 3 is 2.09 bits per heavy atom. The molecule has 0 radical (unpaired) electrons. The molecule has 0 bridgehead atoms. The second-order valence-electron chi connectivity index (χ2n) is 10.4. The van der Waals surface area contributed by atoms with Crippen molar-refractivity contribution in [1.82, 2.24) is 9.62 Å². The number of piperidine rings is 1. The van der Waals surface area contributed by atoms with Gasteiger partial charge in [0.2, 0.25) is 21.8 Å². The Hall–Kier alpha value is -2.97. The molecule has 3 rings (SSSR count). The molecule has 1 heterocycles. The van der Waals surface area contributed by atoms with Gasteiger partial charge in [-0.1, -0.05) is 49.0 Å². The third-order valence-corrected chi connectivity index (χ3v) is 8.44. The first-order valence-corrected chi connectivity index (χ1v) is 13.3. The van der Waals surface area contributed by atoms with E-state index in [1.165, 1.54) is 6.08 Å². The van der Waals surface area contributed by atoms with Crippen molar-refractivity contribution in [2.45, 2.75) is 69.8 Å². The lowest BCUT2D eigenvalue weighted by Gasteiger charge is -2.53. The van der Waals surface area contributed by atoms with E-state index in [9.17, 15) is 18.0 Å². The van der Waals surface area contributed by atoms with Crippen LogP contribution in [-0.2, 0) is 31.8 Å². The van der Waals surface area contributed by atoms with Crippen molar-refractivity contribution in [2.75, 3.05) is 5.32 Å². The third kappa shape index (κ3) is 6.80. The van der Waals surface area contributed by atoms with Crippen LogP contribution in [0.5, 0.6) is 0 Å². The van der Waals surface area contributed by atoms with Crippen molar-refractivity contribution < 1.29 is 18.0 Å². The summed E-state index contributed by atoms with van der Waals surface area (Å²) in [6.45, 7) is 11.1.